The summed E-state index contributed by atoms with van der Waals surface area (Å²) in [5.41, 5.74) is 11.9. The summed E-state index contributed by atoms with van der Waals surface area (Å²) in [6.07, 6.45) is 0. The fourth-order valence-corrected chi connectivity index (χ4v) is 5.89. The summed E-state index contributed by atoms with van der Waals surface area (Å²) >= 11 is 0. The number of ether oxygens (including phenoxy) is 2. The van der Waals surface area contributed by atoms with Gasteiger partial charge >= 0.3 is 0 Å². The molecule has 1 aliphatic rings. The van der Waals surface area contributed by atoms with Crippen molar-refractivity contribution in [2.45, 2.75) is 53.6 Å². The topological polar surface area (TPSA) is 24.9 Å². The third-order valence-corrected chi connectivity index (χ3v) is 7.51. The number of hydrogen-bond donors (Lipinski definition) is 0. The van der Waals surface area contributed by atoms with E-state index in [0.29, 0.717) is 0 Å². The zero-order valence-electron chi connectivity index (χ0n) is 23.8. The quantitative estimate of drug-likeness (QED) is 0.260. The van der Waals surface area contributed by atoms with Gasteiger partial charge in [0.1, 0.15) is 11.5 Å². The highest BCUT2D eigenvalue weighted by molar-refractivity contribution is 5.97. The van der Waals surface area contributed by atoms with Crippen molar-refractivity contribution in [2.75, 3.05) is 24.0 Å². The summed E-state index contributed by atoms with van der Waals surface area (Å²) in [6.45, 7) is 13.3. The molecule has 0 N–H and O–H groups in total. The van der Waals surface area contributed by atoms with Crippen molar-refractivity contribution < 1.29 is 9.47 Å². The van der Waals surface area contributed by atoms with Gasteiger partial charge in [-0.3, -0.25) is 0 Å². The number of benzene rings is 4. The second-order valence-corrected chi connectivity index (χ2v) is 10.6. The first-order valence-corrected chi connectivity index (χ1v) is 13.4. The van der Waals surface area contributed by atoms with Crippen LogP contribution in [0.25, 0.3) is 22.3 Å². The van der Waals surface area contributed by atoms with Crippen LogP contribution in [0.15, 0.2) is 72.8 Å². The lowest BCUT2D eigenvalue weighted by Crippen LogP contribution is -2.36. The van der Waals surface area contributed by atoms with Crippen molar-refractivity contribution in [3.63, 3.8) is 0 Å². The molecular weight excluding hydrogens is 468 g/mol. The van der Waals surface area contributed by atoms with E-state index < -0.39 is 0 Å². The van der Waals surface area contributed by atoms with Gasteiger partial charge in [-0.1, -0.05) is 36.4 Å². The predicted octanol–water partition coefficient (Wildman–Crippen LogP) is 9.06. The fourth-order valence-electron chi connectivity index (χ4n) is 5.89. The molecule has 5 rings (SSSR count). The Morgan fingerprint density at radius 3 is 1.26 bits per heavy atom. The molecule has 0 unspecified atom stereocenters. The van der Waals surface area contributed by atoms with Gasteiger partial charge in [0.2, 0.25) is 0 Å². The SMILES string of the molecule is COc1cccc(C)c1-c1ccc2c(c1)N(C(C)C)c1ccc(-c3c(C)cccc3OC)cc1N2C(C)C. The highest BCUT2D eigenvalue weighted by Gasteiger charge is 2.32. The Balaban J connectivity index is 1.73. The Bertz CT molecular complexity index is 1380. The first-order chi connectivity index (χ1) is 18.3. The molecule has 1 aliphatic heterocycles. The molecule has 0 spiro atoms. The van der Waals surface area contributed by atoms with Crippen molar-refractivity contribution in [1.82, 2.24) is 0 Å². The second-order valence-electron chi connectivity index (χ2n) is 10.6. The number of aryl methyl sites for hydroxylation is 2. The molecule has 4 aromatic rings. The Morgan fingerprint density at radius 1 is 0.526 bits per heavy atom. The normalized spacial score (nSPS) is 12.6. The van der Waals surface area contributed by atoms with Gasteiger partial charge in [-0.25, -0.2) is 0 Å². The molecule has 0 bridgehead atoms. The number of methoxy groups -OCH3 is 2. The van der Waals surface area contributed by atoms with Crippen LogP contribution >= 0.6 is 0 Å². The molecule has 4 nitrogen and oxygen atoms in total. The molecule has 0 atom stereocenters. The van der Waals surface area contributed by atoms with Crippen molar-refractivity contribution in [3.8, 4) is 33.8 Å². The second kappa shape index (κ2) is 10.1. The average molecular weight is 507 g/mol. The third kappa shape index (κ3) is 4.18. The minimum absolute atomic E-state index is 0.273. The highest BCUT2D eigenvalue weighted by atomic mass is 16.5. The zero-order chi connectivity index (χ0) is 27.1. The standard InChI is InChI=1S/C34H38N2O2/c1-21(2)35-27-17-15-26(34-24(6)12-10-14-32(34)38-8)20-30(27)36(22(3)4)28-18-16-25(19-29(28)35)33-23(5)11-9-13-31(33)37-7/h9-22H,1-8H3. The molecule has 4 aromatic carbocycles. The minimum Gasteiger partial charge on any atom is -0.496 e. The van der Waals surface area contributed by atoms with E-state index in [1.165, 1.54) is 33.9 Å². The number of hydrogen-bond acceptors (Lipinski definition) is 4. The van der Waals surface area contributed by atoms with Crippen molar-refractivity contribution >= 4 is 22.7 Å². The maximum atomic E-state index is 5.76. The largest absolute Gasteiger partial charge is 0.496 e. The molecule has 38 heavy (non-hydrogen) atoms. The lowest BCUT2D eigenvalue weighted by molar-refractivity contribution is 0.416. The molecule has 196 valence electrons. The molecule has 0 amide bonds. The maximum Gasteiger partial charge on any atom is 0.126 e. The molecule has 0 aromatic heterocycles. The first kappa shape index (κ1) is 25.7. The van der Waals surface area contributed by atoms with E-state index in [1.807, 2.05) is 24.3 Å². The molecule has 0 radical (unpaired) electrons. The molecule has 1 heterocycles. The van der Waals surface area contributed by atoms with E-state index in [2.05, 4.69) is 99.9 Å². The molecule has 0 aliphatic carbocycles. The fraction of sp³-hybridized carbons (Fsp3) is 0.294. The van der Waals surface area contributed by atoms with Crippen LogP contribution in [-0.2, 0) is 0 Å². The summed E-state index contributed by atoms with van der Waals surface area (Å²) in [6, 6.07) is 26.7. The number of nitrogens with zero attached hydrogens (tertiary/aromatic N) is 2. The van der Waals surface area contributed by atoms with E-state index in [9.17, 15) is 0 Å². The van der Waals surface area contributed by atoms with Gasteiger partial charge in [-0.2, -0.15) is 0 Å². The Labute approximate surface area is 227 Å². The minimum atomic E-state index is 0.273. The zero-order valence-corrected chi connectivity index (χ0v) is 23.8. The summed E-state index contributed by atoms with van der Waals surface area (Å²) in [5.74, 6) is 1.80. The molecule has 0 saturated heterocycles. The number of rotatable bonds is 6. The average Bonchev–Trinajstić information content (AvgIpc) is 2.90. The van der Waals surface area contributed by atoms with E-state index >= 15 is 0 Å². The van der Waals surface area contributed by atoms with Crippen LogP contribution in [0.4, 0.5) is 22.7 Å². The van der Waals surface area contributed by atoms with Crippen LogP contribution in [0.1, 0.15) is 38.8 Å². The van der Waals surface area contributed by atoms with Gasteiger partial charge in [0, 0.05) is 23.2 Å². The lowest BCUT2D eigenvalue weighted by atomic mass is 9.94. The third-order valence-electron chi connectivity index (χ3n) is 7.51. The van der Waals surface area contributed by atoms with E-state index in [-0.39, 0.29) is 12.1 Å². The van der Waals surface area contributed by atoms with Gasteiger partial charge in [-0.15, -0.1) is 0 Å². The van der Waals surface area contributed by atoms with Gasteiger partial charge in [0.05, 0.1) is 37.0 Å². The summed E-state index contributed by atoms with van der Waals surface area (Å²) in [7, 11) is 3.49. The number of anilines is 4. The maximum absolute atomic E-state index is 5.76. The van der Waals surface area contributed by atoms with Crippen molar-refractivity contribution in [1.29, 1.82) is 0 Å². The highest BCUT2D eigenvalue weighted by Crippen LogP contribution is 2.52. The summed E-state index contributed by atoms with van der Waals surface area (Å²) in [4.78, 5) is 4.94. The molecular formula is C34H38N2O2. The van der Waals surface area contributed by atoms with E-state index in [1.54, 1.807) is 14.2 Å². The van der Waals surface area contributed by atoms with E-state index in [0.717, 1.165) is 33.8 Å². The molecule has 0 saturated carbocycles. The Kier molecular flexibility index (Phi) is 6.83. The van der Waals surface area contributed by atoms with Crippen LogP contribution in [0, 0.1) is 13.8 Å². The van der Waals surface area contributed by atoms with Crippen molar-refractivity contribution in [3.05, 3.63) is 83.9 Å². The van der Waals surface area contributed by atoms with Crippen LogP contribution in [0.2, 0.25) is 0 Å². The number of fused-ring (bicyclic) bond motifs is 2. The van der Waals surface area contributed by atoms with E-state index in [4.69, 9.17) is 9.47 Å². The summed E-state index contributed by atoms with van der Waals surface area (Å²) in [5, 5.41) is 0. The van der Waals surface area contributed by atoms with Crippen LogP contribution in [0.5, 0.6) is 11.5 Å². The smallest absolute Gasteiger partial charge is 0.126 e. The van der Waals surface area contributed by atoms with Gasteiger partial charge < -0.3 is 19.3 Å². The predicted molar refractivity (Wildman–Crippen MR) is 161 cm³/mol. The Hall–Kier alpha value is -3.92. The van der Waals surface area contributed by atoms with Crippen LogP contribution in [0.3, 0.4) is 0 Å². The van der Waals surface area contributed by atoms with Gasteiger partial charge in [0.15, 0.2) is 0 Å². The van der Waals surface area contributed by atoms with Crippen LogP contribution < -0.4 is 19.3 Å². The Morgan fingerprint density at radius 2 is 0.921 bits per heavy atom. The first-order valence-electron chi connectivity index (χ1n) is 13.4. The molecule has 0 fully saturated rings. The lowest BCUT2D eigenvalue weighted by Gasteiger charge is -2.44. The molecule has 4 heteroatoms. The monoisotopic (exact) mass is 506 g/mol. The summed E-state index contributed by atoms with van der Waals surface area (Å²) < 4.78 is 11.5. The van der Waals surface area contributed by atoms with Crippen LogP contribution in [-0.4, -0.2) is 26.3 Å². The van der Waals surface area contributed by atoms with Gasteiger partial charge in [-0.05, 0) is 100 Å². The van der Waals surface area contributed by atoms with Gasteiger partial charge in [0.25, 0.3) is 0 Å². The van der Waals surface area contributed by atoms with Crippen molar-refractivity contribution in [2.24, 2.45) is 0 Å².